The molecular formula is C21H23NO6S. The fourth-order valence-corrected chi connectivity index (χ4v) is 4.29. The van der Waals surface area contributed by atoms with Gasteiger partial charge in [0.15, 0.2) is 6.10 Å². The van der Waals surface area contributed by atoms with Gasteiger partial charge in [0, 0.05) is 12.6 Å². The predicted molar refractivity (Wildman–Crippen MR) is 106 cm³/mol. The monoisotopic (exact) mass is 417 g/mol. The number of Topliss-reactive ketones (excluding diaryl/α,β-unsaturated/α-hetero) is 1. The zero-order chi connectivity index (χ0) is 21.2. The zero-order valence-electron chi connectivity index (χ0n) is 16.5. The van der Waals surface area contributed by atoms with Crippen LogP contribution in [0.2, 0.25) is 0 Å². The van der Waals surface area contributed by atoms with Crippen LogP contribution < -0.4 is 0 Å². The summed E-state index contributed by atoms with van der Waals surface area (Å²) in [5, 5.41) is 0. The van der Waals surface area contributed by atoms with Gasteiger partial charge >= 0.3 is 5.97 Å². The van der Waals surface area contributed by atoms with E-state index in [9.17, 15) is 18.0 Å². The van der Waals surface area contributed by atoms with E-state index >= 15 is 0 Å². The Hall–Kier alpha value is -2.55. The van der Waals surface area contributed by atoms with E-state index in [-0.39, 0.29) is 16.2 Å². The Kier molecular flexibility index (Phi) is 6.16. The standard InChI is InChI=1S/C21H23NO6S/c1-14(20(23)17-11-10-15-6-4-7-16(15)12-17)28-21(24)18-8-5-9-19(13-18)29(25,26)22(2)27-3/h5,8-14H,4,6-7H2,1-3H3/t14-/m0/s1. The van der Waals surface area contributed by atoms with Gasteiger partial charge in [0.1, 0.15) is 0 Å². The fraction of sp³-hybridized carbons (Fsp3) is 0.333. The van der Waals surface area contributed by atoms with Gasteiger partial charge in [0.25, 0.3) is 10.0 Å². The van der Waals surface area contributed by atoms with Gasteiger partial charge in [-0.15, -0.1) is 0 Å². The molecule has 29 heavy (non-hydrogen) atoms. The van der Waals surface area contributed by atoms with Crippen molar-refractivity contribution in [2.45, 2.75) is 37.2 Å². The molecule has 2 aromatic carbocycles. The molecule has 0 aliphatic heterocycles. The van der Waals surface area contributed by atoms with E-state index in [0.717, 1.165) is 24.8 Å². The quantitative estimate of drug-likeness (QED) is 0.391. The first kappa shape index (κ1) is 21.2. The summed E-state index contributed by atoms with van der Waals surface area (Å²) >= 11 is 0. The molecular weight excluding hydrogens is 394 g/mol. The number of carbonyl (C=O) groups excluding carboxylic acids is 2. The maximum absolute atomic E-state index is 12.7. The van der Waals surface area contributed by atoms with Gasteiger partial charge in [0.05, 0.1) is 17.6 Å². The lowest BCUT2D eigenvalue weighted by molar-refractivity contribution is -0.0258. The Balaban J connectivity index is 1.74. The number of ether oxygens (including phenoxy) is 1. The largest absolute Gasteiger partial charge is 0.451 e. The molecule has 0 fully saturated rings. The highest BCUT2D eigenvalue weighted by atomic mass is 32.2. The van der Waals surface area contributed by atoms with Crippen molar-refractivity contribution >= 4 is 21.8 Å². The first-order chi connectivity index (χ1) is 13.7. The fourth-order valence-electron chi connectivity index (χ4n) is 3.27. The van der Waals surface area contributed by atoms with Gasteiger partial charge < -0.3 is 4.74 Å². The SMILES string of the molecule is CON(C)S(=O)(=O)c1cccc(C(=O)O[C@@H](C)C(=O)c2ccc3c(c2)CCC3)c1. The maximum Gasteiger partial charge on any atom is 0.338 e. The van der Waals surface area contributed by atoms with Crippen LogP contribution in [0.15, 0.2) is 47.4 Å². The smallest absolute Gasteiger partial charge is 0.338 e. The van der Waals surface area contributed by atoms with Crippen molar-refractivity contribution in [2.24, 2.45) is 0 Å². The van der Waals surface area contributed by atoms with Gasteiger partial charge in [-0.1, -0.05) is 22.7 Å². The molecule has 1 atom stereocenters. The molecule has 1 aliphatic carbocycles. The van der Waals surface area contributed by atoms with Crippen LogP contribution in [0.1, 0.15) is 45.2 Å². The van der Waals surface area contributed by atoms with E-state index in [4.69, 9.17) is 9.57 Å². The summed E-state index contributed by atoms with van der Waals surface area (Å²) < 4.78 is 30.7. The van der Waals surface area contributed by atoms with Crippen LogP contribution in [0.5, 0.6) is 0 Å². The van der Waals surface area contributed by atoms with Crippen LogP contribution >= 0.6 is 0 Å². The van der Waals surface area contributed by atoms with E-state index in [0.29, 0.717) is 10.0 Å². The van der Waals surface area contributed by atoms with Crippen LogP contribution in [-0.4, -0.2) is 44.9 Å². The highest BCUT2D eigenvalue weighted by Gasteiger charge is 2.25. The summed E-state index contributed by atoms with van der Waals surface area (Å²) in [7, 11) is -1.43. The third-order valence-electron chi connectivity index (χ3n) is 5.00. The molecule has 0 heterocycles. The van der Waals surface area contributed by atoms with Crippen molar-refractivity contribution in [1.29, 1.82) is 0 Å². The van der Waals surface area contributed by atoms with Crippen molar-refractivity contribution in [2.75, 3.05) is 14.2 Å². The summed E-state index contributed by atoms with van der Waals surface area (Å²) in [6.07, 6.45) is 2.05. The second-order valence-electron chi connectivity index (χ2n) is 6.87. The van der Waals surface area contributed by atoms with E-state index in [1.807, 2.05) is 12.1 Å². The second-order valence-corrected chi connectivity index (χ2v) is 8.81. The number of aryl methyl sites for hydroxylation is 2. The number of hydroxylamine groups is 1. The van der Waals surface area contributed by atoms with E-state index in [1.165, 1.54) is 50.9 Å². The lowest BCUT2D eigenvalue weighted by Crippen LogP contribution is -2.26. The molecule has 2 aromatic rings. The molecule has 0 saturated heterocycles. The van der Waals surface area contributed by atoms with E-state index in [1.54, 1.807) is 6.07 Å². The molecule has 0 spiro atoms. The van der Waals surface area contributed by atoms with Crippen LogP contribution in [0.25, 0.3) is 0 Å². The van der Waals surface area contributed by atoms with Crippen molar-refractivity contribution < 1.29 is 27.6 Å². The van der Waals surface area contributed by atoms with Crippen molar-refractivity contribution in [3.63, 3.8) is 0 Å². The molecule has 1 aliphatic rings. The third-order valence-corrected chi connectivity index (χ3v) is 6.67. The molecule has 8 heteroatoms. The molecule has 3 rings (SSSR count). The molecule has 0 unspecified atom stereocenters. The van der Waals surface area contributed by atoms with Crippen molar-refractivity contribution in [1.82, 2.24) is 4.47 Å². The number of rotatable bonds is 7. The highest BCUT2D eigenvalue weighted by Crippen LogP contribution is 2.24. The molecule has 7 nitrogen and oxygen atoms in total. The Morgan fingerprint density at radius 1 is 1.03 bits per heavy atom. The summed E-state index contributed by atoms with van der Waals surface area (Å²) in [6, 6.07) is 11.0. The maximum atomic E-state index is 12.7. The number of hydrogen-bond donors (Lipinski definition) is 0. The summed E-state index contributed by atoms with van der Waals surface area (Å²) in [6.45, 7) is 1.51. The first-order valence-corrected chi connectivity index (χ1v) is 10.7. The van der Waals surface area contributed by atoms with Crippen LogP contribution in [-0.2, 0) is 32.4 Å². The van der Waals surface area contributed by atoms with Crippen LogP contribution in [0, 0.1) is 0 Å². The molecule has 0 bridgehead atoms. The molecule has 154 valence electrons. The minimum absolute atomic E-state index is 0.0316. The molecule has 0 amide bonds. The average Bonchev–Trinajstić information content (AvgIpc) is 3.20. The Morgan fingerprint density at radius 2 is 1.76 bits per heavy atom. The number of hydrogen-bond acceptors (Lipinski definition) is 6. The van der Waals surface area contributed by atoms with Crippen molar-refractivity contribution in [3.8, 4) is 0 Å². The lowest BCUT2D eigenvalue weighted by Gasteiger charge is -2.15. The second kappa shape index (κ2) is 8.44. The number of fused-ring (bicyclic) bond motifs is 1. The zero-order valence-corrected chi connectivity index (χ0v) is 17.4. The number of ketones is 1. The topological polar surface area (TPSA) is 90.0 Å². The summed E-state index contributed by atoms with van der Waals surface area (Å²) in [5.74, 6) is -1.07. The van der Waals surface area contributed by atoms with E-state index in [2.05, 4.69) is 0 Å². The van der Waals surface area contributed by atoms with Gasteiger partial charge in [-0.25, -0.2) is 13.2 Å². The minimum Gasteiger partial charge on any atom is -0.451 e. The number of nitrogens with zero attached hydrogens (tertiary/aromatic N) is 1. The Morgan fingerprint density at radius 3 is 2.48 bits per heavy atom. The molecule has 0 radical (unpaired) electrons. The predicted octanol–water partition coefficient (Wildman–Crippen LogP) is 2.79. The van der Waals surface area contributed by atoms with Gasteiger partial charge in [-0.3, -0.25) is 9.63 Å². The molecule has 0 saturated carbocycles. The number of carbonyl (C=O) groups is 2. The number of esters is 1. The third kappa shape index (κ3) is 4.39. The normalized spacial score (nSPS) is 14.5. The van der Waals surface area contributed by atoms with Gasteiger partial charge in [-0.05, 0) is 61.6 Å². The first-order valence-electron chi connectivity index (χ1n) is 9.24. The number of benzene rings is 2. The Labute approximate surface area is 170 Å². The van der Waals surface area contributed by atoms with Crippen LogP contribution in [0.4, 0.5) is 0 Å². The molecule has 0 N–H and O–H groups in total. The van der Waals surface area contributed by atoms with Crippen LogP contribution in [0.3, 0.4) is 0 Å². The van der Waals surface area contributed by atoms with Gasteiger partial charge in [-0.2, -0.15) is 0 Å². The molecule has 0 aromatic heterocycles. The highest BCUT2D eigenvalue weighted by molar-refractivity contribution is 7.89. The van der Waals surface area contributed by atoms with Crippen molar-refractivity contribution in [3.05, 3.63) is 64.7 Å². The van der Waals surface area contributed by atoms with E-state index < -0.39 is 22.1 Å². The van der Waals surface area contributed by atoms with Gasteiger partial charge in [0.2, 0.25) is 5.78 Å². The Bertz CT molecular complexity index is 1050. The summed E-state index contributed by atoms with van der Waals surface area (Å²) in [5.41, 5.74) is 2.95. The average molecular weight is 417 g/mol. The summed E-state index contributed by atoms with van der Waals surface area (Å²) in [4.78, 5) is 29.8. The minimum atomic E-state index is -3.90. The number of sulfonamides is 1. The lowest BCUT2D eigenvalue weighted by atomic mass is 10.0.